The van der Waals surface area contributed by atoms with Gasteiger partial charge < -0.3 is 10.2 Å². The van der Waals surface area contributed by atoms with Crippen molar-refractivity contribution in [1.29, 1.82) is 0 Å². The molecular formula is C16H14N4O4. The summed E-state index contributed by atoms with van der Waals surface area (Å²) >= 11 is 0. The van der Waals surface area contributed by atoms with Crippen molar-refractivity contribution in [3.8, 4) is 0 Å². The molecule has 4 atom stereocenters. The molecule has 6 rings (SSSR count). The highest BCUT2D eigenvalue weighted by molar-refractivity contribution is 5.80. The van der Waals surface area contributed by atoms with Crippen LogP contribution in [0, 0.1) is 0 Å². The summed E-state index contributed by atoms with van der Waals surface area (Å²) in [6, 6.07) is 7.64. The van der Waals surface area contributed by atoms with Gasteiger partial charge in [-0.3, -0.25) is 4.98 Å². The SMILES string of the molecule is Cn1c(=O)n2n(c1=O)C1c3nc4ccccc4cc3C2C(O)C1O. The maximum absolute atomic E-state index is 12.4. The van der Waals surface area contributed by atoms with Crippen molar-refractivity contribution in [2.45, 2.75) is 24.3 Å². The summed E-state index contributed by atoms with van der Waals surface area (Å²) in [7, 11) is 1.38. The Hall–Kier alpha value is -2.71. The van der Waals surface area contributed by atoms with E-state index in [0.29, 0.717) is 11.3 Å². The molecule has 1 aliphatic carbocycles. The van der Waals surface area contributed by atoms with Gasteiger partial charge in [0, 0.05) is 18.0 Å². The molecule has 3 aromatic rings. The Morgan fingerprint density at radius 2 is 1.62 bits per heavy atom. The fourth-order valence-electron chi connectivity index (χ4n) is 3.96. The van der Waals surface area contributed by atoms with Gasteiger partial charge >= 0.3 is 11.4 Å². The van der Waals surface area contributed by atoms with Gasteiger partial charge in [-0.05, 0) is 12.1 Å². The van der Waals surface area contributed by atoms with Gasteiger partial charge in [0.2, 0.25) is 0 Å². The molecule has 2 bridgehead atoms. The minimum atomic E-state index is -1.20. The van der Waals surface area contributed by atoms with Gasteiger partial charge in [-0.1, -0.05) is 18.2 Å². The second kappa shape index (κ2) is 4.22. The van der Waals surface area contributed by atoms with Crippen LogP contribution in [0.25, 0.3) is 10.9 Å². The van der Waals surface area contributed by atoms with Gasteiger partial charge in [0.05, 0.1) is 11.2 Å². The van der Waals surface area contributed by atoms with E-state index in [1.807, 2.05) is 30.3 Å². The highest BCUT2D eigenvalue weighted by Crippen LogP contribution is 2.44. The molecule has 0 radical (unpaired) electrons. The molecule has 24 heavy (non-hydrogen) atoms. The number of para-hydroxylation sites is 1. The number of fused-ring (bicyclic) bond motifs is 2. The van der Waals surface area contributed by atoms with E-state index in [2.05, 4.69) is 4.98 Å². The van der Waals surface area contributed by atoms with E-state index in [9.17, 15) is 19.8 Å². The van der Waals surface area contributed by atoms with Crippen LogP contribution in [0.1, 0.15) is 23.3 Å². The lowest BCUT2D eigenvalue weighted by atomic mass is 9.81. The third-order valence-electron chi connectivity index (χ3n) is 5.11. The largest absolute Gasteiger partial charge is 0.388 e. The molecule has 0 saturated heterocycles. The second-order valence-corrected chi connectivity index (χ2v) is 6.34. The Morgan fingerprint density at radius 1 is 1.00 bits per heavy atom. The summed E-state index contributed by atoms with van der Waals surface area (Å²) in [5, 5.41) is 21.9. The van der Waals surface area contributed by atoms with Crippen LogP contribution in [0.3, 0.4) is 0 Å². The highest BCUT2D eigenvalue weighted by Gasteiger charge is 2.52. The molecule has 0 fully saturated rings. The van der Waals surface area contributed by atoms with Gasteiger partial charge in [0.1, 0.15) is 24.3 Å². The molecule has 0 spiro atoms. The van der Waals surface area contributed by atoms with Crippen molar-refractivity contribution in [3.05, 3.63) is 62.6 Å². The average molecular weight is 326 g/mol. The summed E-state index contributed by atoms with van der Waals surface area (Å²) in [5.41, 5.74) is 0.901. The van der Waals surface area contributed by atoms with Crippen molar-refractivity contribution in [2.24, 2.45) is 7.05 Å². The highest BCUT2D eigenvalue weighted by atomic mass is 16.3. The number of rotatable bonds is 0. The molecule has 1 aromatic carbocycles. The number of nitrogens with zero attached hydrogens (tertiary/aromatic N) is 4. The lowest BCUT2D eigenvalue weighted by molar-refractivity contribution is -0.0724. The predicted octanol–water partition coefficient (Wildman–Crippen LogP) is -0.876. The first-order valence-electron chi connectivity index (χ1n) is 7.66. The molecule has 8 nitrogen and oxygen atoms in total. The molecule has 3 aliphatic rings. The van der Waals surface area contributed by atoms with E-state index in [0.717, 1.165) is 15.5 Å². The zero-order chi connectivity index (χ0) is 16.7. The fraction of sp³-hybridized carbons (Fsp3) is 0.312. The van der Waals surface area contributed by atoms with Gasteiger partial charge in [-0.15, -0.1) is 0 Å². The molecule has 4 heterocycles. The van der Waals surface area contributed by atoms with Crippen molar-refractivity contribution < 1.29 is 10.2 Å². The number of aliphatic hydroxyl groups is 2. The summed E-state index contributed by atoms with van der Waals surface area (Å²) in [6.45, 7) is 0. The first-order valence-corrected chi connectivity index (χ1v) is 7.66. The molecule has 2 N–H and O–H groups in total. The van der Waals surface area contributed by atoms with Gasteiger partial charge in [-0.25, -0.2) is 23.5 Å². The summed E-state index contributed by atoms with van der Waals surface area (Å²) in [5.74, 6) is 0. The van der Waals surface area contributed by atoms with Crippen LogP contribution < -0.4 is 11.4 Å². The first kappa shape index (κ1) is 13.7. The monoisotopic (exact) mass is 326 g/mol. The van der Waals surface area contributed by atoms with Crippen molar-refractivity contribution in [3.63, 3.8) is 0 Å². The Labute approximate surface area is 134 Å². The Morgan fingerprint density at radius 3 is 2.38 bits per heavy atom. The Bertz CT molecular complexity index is 1040. The van der Waals surface area contributed by atoms with E-state index >= 15 is 0 Å². The molecule has 0 amide bonds. The number of aliphatic hydroxyl groups excluding tert-OH is 2. The lowest BCUT2D eigenvalue weighted by Gasteiger charge is -2.45. The van der Waals surface area contributed by atoms with Crippen molar-refractivity contribution in [2.75, 3.05) is 0 Å². The van der Waals surface area contributed by atoms with Gasteiger partial charge in [-0.2, -0.15) is 0 Å². The van der Waals surface area contributed by atoms with E-state index in [4.69, 9.17) is 0 Å². The molecule has 2 aromatic heterocycles. The van der Waals surface area contributed by atoms with Crippen molar-refractivity contribution >= 4 is 10.9 Å². The number of hydrogen-bond acceptors (Lipinski definition) is 5. The fourth-order valence-corrected chi connectivity index (χ4v) is 3.96. The molecular weight excluding hydrogens is 312 g/mol. The Kier molecular flexibility index (Phi) is 2.41. The molecule has 122 valence electrons. The van der Waals surface area contributed by atoms with Crippen LogP contribution >= 0.6 is 0 Å². The van der Waals surface area contributed by atoms with Crippen LogP contribution in [0.5, 0.6) is 0 Å². The minimum Gasteiger partial charge on any atom is -0.388 e. The van der Waals surface area contributed by atoms with E-state index in [1.54, 1.807) is 0 Å². The maximum Gasteiger partial charge on any atom is 0.347 e. The number of benzene rings is 1. The Balaban J connectivity index is 1.93. The summed E-state index contributed by atoms with van der Waals surface area (Å²) in [6.07, 6.45) is -2.37. The van der Waals surface area contributed by atoms with Crippen LogP contribution in [-0.2, 0) is 7.05 Å². The second-order valence-electron chi connectivity index (χ2n) is 6.34. The first-order chi connectivity index (χ1) is 11.5. The van der Waals surface area contributed by atoms with Crippen LogP contribution in [0.2, 0.25) is 0 Å². The zero-order valence-electron chi connectivity index (χ0n) is 12.7. The lowest BCUT2D eigenvalue weighted by Crippen LogP contribution is -2.57. The van der Waals surface area contributed by atoms with Crippen LogP contribution in [-0.4, -0.2) is 41.3 Å². The zero-order valence-corrected chi connectivity index (χ0v) is 12.7. The predicted molar refractivity (Wildman–Crippen MR) is 84.0 cm³/mol. The third kappa shape index (κ3) is 1.38. The third-order valence-corrected chi connectivity index (χ3v) is 5.11. The van der Waals surface area contributed by atoms with E-state index < -0.39 is 35.7 Å². The molecule has 0 saturated carbocycles. The summed E-state index contributed by atoms with van der Waals surface area (Å²) in [4.78, 5) is 29.5. The smallest absolute Gasteiger partial charge is 0.347 e. The van der Waals surface area contributed by atoms with Crippen molar-refractivity contribution in [1.82, 2.24) is 18.9 Å². The minimum absolute atomic E-state index is 0.514. The maximum atomic E-state index is 12.4. The topological polar surface area (TPSA) is 102 Å². The standard InChI is InChI=1S/C16H14N4O4/c1-18-15(23)19-11-8-6-7-4-2-3-5-9(7)17-10(8)12(14(22)13(11)21)20(19)16(18)24/h2-6,11-14,21-22H,1H3. The molecule has 2 aliphatic heterocycles. The van der Waals surface area contributed by atoms with Gasteiger partial charge in [0.25, 0.3) is 0 Å². The van der Waals surface area contributed by atoms with Crippen LogP contribution in [0.15, 0.2) is 39.9 Å². The number of pyridine rings is 1. The quantitative estimate of drug-likeness (QED) is 0.559. The number of hydrogen-bond donors (Lipinski definition) is 2. The molecule has 8 heteroatoms. The average Bonchev–Trinajstić information content (AvgIpc) is 2.81. The van der Waals surface area contributed by atoms with Gasteiger partial charge in [0.15, 0.2) is 0 Å². The summed E-state index contributed by atoms with van der Waals surface area (Å²) < 4.78 is 3.44. The molecule has 4 unspecified atom stereocenters. The number of aromatic nitrogens is 4. The normalized spacial score (nSPS) is 27.3. The van der Waals surface area contributed by atoms with E-state index in [1.165, 1.54) is 16.4 Å². The van der Waals surface area contributed by atoms with E-state index in [-0.39, 0.29) is 0 Å². The van der Waals surface area contributed by atoms with Crippen LogP contribution in [0.4, 0.5) is 0 Å².